The Labute approximate surface area is 224 Å². The van der Waals surface area contributed by atoms with Crippen LogP contribution < -0.4 is 5.32 Å². The van der Waals surface area contributed by atoms with Crippen LogP contribution in [0, 0.1) is 12.8 Å². The molecule has 4 rings (SSSR count). The van der Waals surface area contributed by atoms with E-state index in [-0.39, 0.29) is 11.3 Å². The lowest BCUT2D eigenvalue weighted by Gasteiger charge is -2.26. The second-order valence-corrected chi connectivity index (χ2v) is 12.5. The van der Waals surface area contributed by atoms with Gasteiger partial charge in [0.2, 0.25) is 0 Å². The summed E-state index contributed by atoms with van der Waals surface area (Å²) in [6.45, 7) is 13.8. The molecule has 2 fully saturated rings. The summed E-state index contributed by atoms with van der Waals surface area (Å²) >= 11 is -2.06. The molecule has 0 spiro atoms. The Kier molecular flexibility index (Phi) is 9.27. The second kappa shape index (κ2) is 12.2. The summed E-state index contributed by atoms with van der Waals surface area (Å²) in [6, 6.07) is 7.74. The van der Waals surface area contributed by atoms with Crippen molar-refractivity contribution in [2.24, 2.45) is 5.92 Å². The summed E-state index contributed by atoms with van der Waals surface area (Å²) in [7, 11) is 0. The number of nitrogens with zero attached hydrogens (tertiary/aromatic N) is 2. The lowest BCUT2D eigenvalue weighted by Crippen LogP contribution is -2.41. The SMILES string of the molecule is Cc1c(C(=O)NCCN2CCOCC2)cc(-c2ccc(S(=O)O)c(C(C)(C)C)c2)n1CC1CCCCC1. The number of amides is 1. The third kappa shape index (κ3) is 6.91. The molecule has 1 saturated heterocycles. The molecule has 1 aliphatic heterocycles. The van der Waals surface area contributed by atoms with Crippen LogP contribution in [-0.4, -0.2) is 63.5 Å². The molecule has 0 bridgehead atoms. The van der Waals surface area contributed by atoms with Crippen LogP contribution in [0.25, 0.3) is 11.3 Å². The highest BCUT2D eigenvalue weighted by Gasteiger charge is 2.25. The quantitative estimate of drug-likeness (QED) is 0.471. The number of carbonyl (C=O) groups excluding carboxylic acids is 1. The van der Waals surface area contributed by atoms with Crippen LogP contribution in [0.15, 0.2) is 29.2 Å². The van der Waals surface area contributed by atoms with Gasteiger partial charge in [0.25, 0.3) is 5.91 Å². The van der Waals surface area contributed by atoms with E-state index in [0.29, 0.717) is 22.9 Å². The Morgan fingerprint density at radius 3 is 2.49 bits per heavy atom. The van der Waals surface area contributed by atoms with Gasteiger partial charge in [-0.15, -0.1) is 0 Å². The molecule has 37 heavy (non-hydrogen) atoms. The highest BCUT2D eigenvalue weighted by Crippen LogP contribution is 2.35. The monoisotopic (exact) mass is 529 g/mol. The fourth-order valence-electron chi connectivity index (χ4n) is 5.65. The summed E-state index contributed by atoms with van der Waals surface area (Å²) in [5.41, 5.74) is 4.23. The van der Waals surface area contributed by atoms with Crippen molar-refractivity contribution < 1.29 is 18.3 Å². The lowest BCUT2D eigenvalue weighted by molar-refractivity contribution is 0.0383. The molecule has 2 aromatic rings. The number of nitrogens with one attached hydrogen (secondary N) is 1. The van der Waals surface area contributed by atoms with Gasteiger partial charge in [-0.25, -0.2) is 4.21 Å². The third-order valence-corrected chi connectivity index (χ3v) is 8.60. The smallest absolute Gasteiger partial charge is 0.253 e. The van der Waals surface area contributed by atoms with Crippen molar-refractivity contribution in [3.8, 4) is 11.3 Å². The fourth-order valence-corrected chi connectivity index (χ4v) is 6.39. The molecule has 1 saturated carbocycles. The van der Waals surface area contributed by atoms with Crippen molar-refractivity contribution in [1.29, 1.82) is 0 Å². The third-order valence-electron chi connectivity index (χ3n) is 7.87. The predicted molar refractivity (Wildman–Crippen MR) is 149 cm³/mol. The first-order chi connectivity index (χ1) is 17.6. The number of aromatic nitrogens is 1. The van der Waals surface area contributed by atoms with E-state index >= 15 is 0 Å². The zero-order chi connectivity index (χ0) is 26.6. The van der Waals surface area contributed by atoms with E-state index < -0.39 is 11.1 Å². The van der Waals surface area contributed by atoms with E-state index in [0.717, 1.165) is 61.9 Å². The Hall–Kier alpha value is -2.00. The van der Waals surface area contributed by atoms with E-state index in [1.165, 1.54) is 32.1 Å². The van der Waals surface area contributed by atoms with E-state index in [4.69, 9.17) is 4.74 Å². The highest BCUT2D eigenvalue weighted by molar-refractivity contribution is 7.79. The molecule has 1 aliphatic carbocycles. The van der Waals surface area contributed by atoms with Crippen molar-refractivity contribution in [1.82, 2.24) is 14.8 Å². The molecule has 0 radical (unpaired) electrons. The van der Waals surface area contributed by atoms with Crippen molar-refractivity contribution in [3.05, 3.63) is 41.1 Å². The van der Waals surface area contributed by atoms with Gasteiger partial charge in [-0.3, -0.25) is 9.69 Å². The van der Waals surface area contributed by atoms with Gasteiger partial charge in [0.1, 0.15) is 0 Å². The van der Waals surface area contributed by atoms with E-state index in [1.807, 2.05) is 25.1 Å². The van der Waals surface area contributed by atoms with Crippen LogP contribution in [0.4, 0.5) is 0 Å². The predicted octanol–water partition coefficient (Wildman–Crippen LogP) is 4.98. The van der Waals surface area contributed by atoms with Crippen LogP contribution in [0.3, 0.4) is 0 Å². The first-order valence-corrected chi connectivity index (χ1v) is 14.8. The Morgan fingerprint density at radius 2 is 1.84 bits per heavy atom. The fraction of sp³-hybridized carbons (Fsp3) is 0.621. The molecule has 1 unspecified atom stereocenters. The maximum atomic E-state index is 13.3. The molecule has 1 amide bonds. The van der Waals surface area contributed by atoms with E-state index in [9.17, 15) is 13.6 Å². The summed E-state index contributed by atoms with van der Waals surface area (Å²) in [5, 5.41) is 3.13. The van der Waals surface area contributed by atoms with Crippen LogP contribution in [0.1, 0.15) is 74.5 Å². The number of rotatable bonds is 8. The van der Waals surface area contributed by atoms with Gasteiger partial charge in [-0.2, -0.15) is 0 Å². The molecular formula is C29H43N3O4S. The molecule has 7 nitrogen and oxygen atoms in total. The molecule has 2 heterocycles. The topological polar surface area (TPSA) is 83.8 Å². The number of hydrogen-bond acceptors (Lipinski definition) is 4. The number of ether oxygens (including phenoxy) is 1. The standard InChI is InChI=1S/C29H43N3O4S/c1-21-24(28(33)30-12-13-31-14-16-36-17-15-31)19-26(32(21)20-22-8-6-5-7-9-22)23-10-11-27(37(34)35)25(18-23)29(2,3)4/h10-11,18-19,22H,5-9,12-17,20H2,1-4H3,(H,30,33)(H,34,35). The first kappa shape index (κ1) is 28.0. The van der Waals surface area contributed by atoms with Gasteiger partial charge >= 0.3 is 0 Å². The van der Waals surface area contributed by atoms with Gasteiger partial charge in [0.15, 0.2) is 11.1 Å². The molecule has 1 aromatic carbocycles. The Balaban J connectivity index is 1.65. The van der Waals surface area contributed by atoms with Crippen molar-refractivity contribution in [2.75, 3.05) is 39.4 Å². The molecule has 2 aliphatic rings. The van der Waals surface area contributed by atoms with Gasteiger partial charge in [-0.1, -0.05) is 46.1 Å². The van der Waals surface area contributed by atoms with E-state index in [1.54, 1.807) is 6.07 Å². The molecule has 1 aromatic heterocycles. The van der Waals surface area contributed by atoms with Crippen molar-refractivity contribution in [2.45, 2.75) is 76.7 Å². The van der Waals surface area contributed by atoms with Crippen LogP contribution >= 0.6 is 0 Å². The summed E-state index contributed by atoms with van der Waals surface area (Å²) in [6.07, 6.45) is 6.27. The summed E-state index contributed by atoms with van der Waals surface area (Å²) in [5.74, 6) is 0.556. The lowest BCUT2D eigenvalue weighted by atomic mass is 9.85. The van der Waals surface area contributed by atoms with Gasteiger partial charge in [0.05, 0.1) is 23.7 Å². The van der Waals surface area contributed by atoms with Crippen molar-refractivity contribution in [3.63, 3.8) is 0 Å². The number of hydrogen-bond donors (Lipinski definition) is 2. The number of morpholine rings is 1. The first-order valence-electron chi connectivity index (χ1n) is 13.7. The minimum Gasteiger partial charge on any atom is -0.379 e. The van der Waals surface area contributed by atoms with Crippen LogP contribution in [-0.2, 0) is 27.8 Å². The van der Waals surface area contributed by atoms with E-state index in [2.05, 4.69) is 35.6 Å². The van der Waals surface area contributed by atoms with Crippen LogP contribution in [0.5, 0.6) is 0 Å². The van der Waals surface area contributed by atoms with Gasteiger partial charge in [0, 0.05) is 44.1 Å². The summed E-state index contributed by atoms with van der Waals surface area (Å²) in [4.78, 5) is 16.1. The zero-order valence-corrected chi connectivity index (χ0v) is 23.7. The zero-order valence-electron chi connectivity index (χ0n) is 22.8. The molecule has 204 valence electrons. The minimum atomic E-state index is -2.06. The molecule has 8 heteroatoms. The highest BCUT2D eigenvalue weighted by atomic mass is 32.2. The van der Waals surface area contributed by atoms with Gasteiger partial charge in [-0.05, 0) is 60.4 Å². The van der Waals surface area contributed by atoms with Gasteiger partial charge < -0.3 is 19.2 Å². The Bertz CT molecular complexity index is 1110. The normalized spacial score (nSPS) is 18.6. The maximum Gasteiger partial charge on any atom is 0.253 e. The average Bonchev–Trinajstić information content (AvgIpc) is 3.20. The maximum absolute atomic E-state index is 13.3. The minimum absolute atomic E-state index is 0.0430. The second-order valence-electron chi connectivity index (χ2n) is 11.6. The Morgan fingerprint density at radius 1 is 1.14 bits per heavy atom. The van der Waals surface area contributed by atoms with Crippen LogP contribution in [0.2, 0.25) is 0 Å². The van der Waals surface area contributed by atoms with Crippen molar-refractivity contribution >= 4 is 17.0 Å². The number of benzene rings is 1. The molecule has 2 N–H and O–H groups in total. The average molecular weight is 530 g/mol. The number of carbonyl (C=O) groups is 1. The molecular weight excluding hydrogens is 486 g/mol. The molecule has 1 atom stereocenters. The summed E-state index contributed by atoms with van der Waals surface area (Å²) < 4.78 is 29.7. The largest absolute Gasteiger partial charge is 0.379 e.